The van der Waals surface area contributed by atoms with E-state index < -0.39 is 0 Å². The van der Waals surface area contributed by atoms with E-state index in [0.29, 0.717) is 17.4 Å². The van der Waals surface area contributed by atoms with E-state index in [1.54, 1.807) is 19.3 Å². The van der Waals surface area contributed by atoms with E-state index in [0.717, 1.165) is 32.5 Å². The van der Waals surface area contributed by atoms with Gasteiger partial charge in [0, 0.05) is 57.5 Å². The Bertz CT molecular complexity index is 1150. The summed E-state index contributed by atoms with van der Waals surface area (Å²) in [6, 6.07) is 12.4. The monoisotopic (exact) mass is 460 g/mol. The molecule has 0 bridgehead atoms. The van der Waals surface area contributed by atoms with Crippen LogP contribution in [0, 0.1) is 0 Å². The molecule has 0 amide bonds. The first-order valence-electron chi connectivity index (χ1n) is 12.2. The average Bonchev–Trinajstić information content (AvgIpc) is 2.89. The van der Waals surface area contributed by atoms with Crippen LogP contribution in [0.1, 0.15) is 37.7 Å². The molecule has 34 heavy (non-hydrogen) atoms. The van der Waals surface area contributed by atoms with Gasteiger partial charge in [-0.3, -0.25) is 14.3 Å². The Labute approximate surface area is 200 Å². The smallest absolute Gasteiger partial charge is 0.299 e. The van der Waals surface area contributed by atoms with Crippen molar-refractivity contribution in [2.45, 2.75) is 44.8 Å². The van der Waals surface area contributed by atoms with Crippen LogP contribution in [-0.2, 0) is 13.6 Å². The van der Waals surface area contributed by atoms with E-state index in [2.05, 4.69) is 49.0 Å². The van der Waals surface area contributed by atoms with E-state index >= 15 is 0 Å². The van der Waals surface area contributed by atoms with Gasteiger partial charge in [0.2, 0.25) is 0 Å². The van der Waals surface area contributed by atoms with Gasteiger partial charge < -0.3 is 9.64 Å². The third-order valence-corrected chi connectivity index (χ3v) is 6.83. The lowest BCUT2D eigenvalue weighted by molar-refractivity contribution is 0.149. The van der Waals surface area contributed by atoms with Gasteiger partial charge in [-0.15, -0.1) is 0 Å². The molecule has 8 heteroatoms. The van der Waals surface area contributed by atoms with Crippen LogP contribution in [0.4, 0.5) is 5.69 Å². The molecule has 2 aliphatic heterocycles. The number of anilines is 1. The Morgan fingerprint density at radius 3 is 2.56 bits per heavy atom. The van der Waals surface area contributed by atoms with Crippen molar-refractivity contribution < 1.29 is 4.74 Å². The maximum absolute atomic E-state index is 12.5. The summed E-state index contributed by atoms with van der Waals surface area (Å²) < 4.78 is 7.70. The second-order valence-electron chi connectivity index (χ2n) is 9.19. The number of piperidine rings is 2. The van der Waals surface area contributed by atoms with Crippen LogP contribution in [0.5, 0.6) is 6.01 Å². The fraction of sp³-hybridized carbons (Fsp3) is 0.462. The van der Waals surface area contributed by atoms with Crippen molar-refractivity contribution in [2.75, 3.05) is 31.1 Å². The molecule has 0 aliphatic carbocycles. The summed E-state index contributed by atoms with van der Waals surface area (Å²) >= 11 is 0. The summed E-state index contributed by atoms with van der Waals surface area (Å²) in [4.78, 5) is 30.3. The molecule has 178 valence electrons. The summed E-state index contributed by atoms with van der Waals surface area (Å²) in [5.41, 5.74) is 3.69. The van der Waals surface area contributed by atoms with Crippen molar-refractivity contribution >= 4 is 5.69 Å². The highest BCUT2D eigenvalue weighted by atomic mass is 16.5. The second-order valence-corrected chi connectivity index (χ2v) is 9.19. The van der Waals surface area contributed by atoms with Gasteiger partial charge >= 0.3 is 0 Å². The summed E-state index contributed by atoms with van der Waals surface area (Å²) in [7, 11) is 1.69. The summed E-state index contributed by atoms with van der Waals surface area (Å²) in [5.74, 6) is 0. The zero-order valence-corrected chi connectivity index (χ0v) is 19.8. The highest BCUT2D eigenvalue weighted by molar-refractivity contribution is 5.54. The fourth-order valence-electron chi connectivity index (χ4n) is 4.87. The van der Waals surface area contributed by atoms with Crippen LogP contribution in [0.3, 0.4) is 0 Å². The molecule has 3 aromatic rings. The molecule has 0 unspecified atom stereocenters. The molecule has 0 N–H and O–H groups in total. The molecule has 1 aromatic carbocycles. The van der Waals surface area contributed by atoms with Crippen LogP contribution in [0.25, 0.3) is 11.4 Å². The van der Waals surface area contributed by atoms with Crippen LogP contribution in [-0.4, -0.2) is 56.7 Å². The van der Waals surface area contributed by atoms with Crippen molar-refractivity contribution in [2.24, 2.45) is 7.05 Å². The first-order valence-corrected chi connectivity index (χ1v) is 12.2. The van der Waals surface area contributed by atoms with Crippen molar-refractivity contribution in [3.05, 3.63) is 64.8 Å². The van der Waals surface area contributed by atoms with Gasteiger partial charge in [-0.2, -0.15) is 4.98 Å². The third-order valence-electron chi connectivity index (χ3n) is 6.83. The number of hydrogen-bond acceptors (Lipinski definition) is 7. The second kappa shape index (κ2) is 10.3. The van der Waals surface area contributed by atoms with E-state index in [4.69, 9.17) is 4.74 Å². The van der Waals surface area contributed by atoms with Gasteiger partial charge in [-0.05, 0) is 43.6 Å². The van der Waals surface area contributed by atoms with Gasteiger partial charge in [-0.25, -0.2) is 9.97 Å². The number of likely N-dealkylation sites (tertiary alicyclic amines) is 1. The molecule has 0 atom stereocenters. The molecule has 8 nitrogen and oxygen atoms in total. The van der Waals surface area contributed by atoms with E-state index in [9.17, 15) is 4.79 Å². The Morgan fingerprint density at radius 2 is 1.79 bits per heavy atom. The zero-order chi connectivity index (χ0) is 23.3. The standard InChI is InChI=1S/C26H32N6O2/c1-30-25(33)17-23(22-9-12-27-19-28-22)29-26(30)34-21-10-15-32(16-11-21)24-8-4-3-7-20(24)18-31-13-5-2-6-14-31/h3-4,7-9,12,17,19,21H,2,5-6,10-11,13-16,18H2,1H3. The van der Waals surface area contributed by atoms with E-state index in [1.165, 1.54) is 60.6 Å². The van der Waals surface area contributed by atoms with Crippen molar-refractivity contribution in [3.8, 4) is 17.4 Å². The molecule has 2 saturated heterocycles. The normalized spacial score (nSPS) is 17.6. The topological polar surface area (TPSA) is 76.4 Å². The minimum Gasteiger partial charge on any atom is -0.461 e. The highest BCUT2D eigenvalue weighted by Crippen LogP contribution is 2.27. The van der Waals surface area contributed by atoms with Crippen molar-refractivity contribution in [3.63, 3.8) is 0 Å². The van der Waals surface area contributed by atoms with Gasteiger partial charge in [0.05, 0.1) is 11.4 Å². The number of nitrogens with zero attached hydrogens (tertiary/aromatic N) is 6. The van der Waals surface area contributed by atoms with Gasteiger partial charge in [-0.1, -0.05) is 24.6 Å². The Hall–Kier alpha value is -3.26. The molecule has 0 saturated carbocycles. The molecule has 2 aliphatic rings. The van der Waals surface area contributed by atoms with Crippen LogP contribution in [0.2, 0.25) is 0 Å². The predicted octanol–water partition coefficient (Wildman–Crippen LogP) is 3.27. The van der Waals surface area contributed by atoms with E-state index in [1.807, 2.05) is 0 Å². The molecule has 0 radical (unpaired) electrons. The average molecular weight is 461 g/mol. The lowest BCUT2D eigenvalue weighted by Crippen LogP contribution is -2.40. The van der Waals surface area contributed by atoms with Gasteiger partial charge in [0.1, 0.15) is 12.4 Å². The van der Waals surface area contributed by atoms with Crippen LogP contribution >= 0.6 is 0 Å². The third kappa shape index (κ3) is 5.12. The van der Waals surface area contributed by atoms with Crippen molar-refractivity contribution in [1.82, 2.24) is 24.4 Å². The fourth-order valence-corrected chi connectivity index (χ4v) is 4.87. The van der Waals surface area contributed by atoms with Crippen molar-refractivity contribution in [1.29, 1.82) is 0 Å². The van der Waals surface area contributed by atoms with E-state index in [-0.39, 0.29) is 11.7 Å². The maximum Gasteiger partial charge on any atom is 0.299 e. The minimum atomic E-state index is -0.164. The number of ether oxygens (including phenoxy) is 1. The number of para-hydroxylation sites is 1. The quantitative estimate of drug-likeness (QED) is 0.559. The first-order chi connectivity index (χ1) is 16.7. The first kappa shape index (κ1) is 22.5. The number of benzene rings is 1. The zero-order valence-electron chi connectivity index (χ0n) is 19.8. The Morgan fingerprint density at radius 1 is 1.00 bits per heavy atom. The molecular formula is C26H32N6O2. The maximum atomic E-state index is 12.5. The minimum absolute atomic E-state index is 0.0178. The lowest BCUT2D eigenvalue weighted by Gasteiger charge is -2.35. The molecular weight excluding hydrogens is 428 g/mol. The molecule has 0 spiro atoms. The van der Waals surface area contributed by atoms with Crippen LogP contribution in [0.15, 0.2) is 53.7 Å². The number of rotatable bonds is 6. The molecule has 2 aromatic heterocycles. The number of aromatic nitrogens is 4. The summed E-state index contributed by atoms with van der Waals surface area (Å²) in [5, 5.41) is 0. The molecule has 2 fully saturated rings. The predicted molar refractivity (Wildman–Crippen MR) is 132 cm³/mol. The highest BCUT2D eigenvalue weighted by Gasteiger charge is 2.24. The van der Waals surface area contributed by atoms with Gasteiger partial charge in [0.15, 0.2) is 0 Å². The SMILES string of the molecule is Cn1c(OC2CCN(c3ccccc3CN3CCCCC3)CC2)nc(-c2ccncn2)cc1=O. The Balaban J connectivity index is 1.25. The Kier molecular flexibility index (Phi) is 6.85. The molecule has 5 rings (SSSR count). The lowest BCUT2D eigenvalue weighted by atomic mass is 10.0. The van der Waals surface area contributed by atoms with Gasteiger partial charge in [0.25, 0.3) is 11.6 Å². The summed E-state index contributed by atoms with van der Waals surface area (Å²) in [6.07, 6.45) is 8.84. The molecule has 4 heterocycles. The van der Waals surface area contributed by atoms with Crippen LogP contribution < -0.4 is 15.2 Å². The largest absolute Gasteiger partial charge is 0.461 e. The number of hydrogen-bond donors (Lipinski definition) is 0. The summed E-state index contributed by atoms with van der Waals surface area (Å²) in [6.45, 7) is 5.25.